The third kappa shape index (κ3) is 4.96. The molecule has 0 fully saturated rings. The molecule has 0 aliphatic heterocycles. The molecule has 0 spiro atoms. The summed E-state index contributed by atoms with van der Waals surface area (Å²) < 4.78 is 44.8. The van der Waals surface area contributed by atoms with Crippen molar-refractivity contribution >= 4 is 11.6 Å². The Balaban J connectivity index is 2.79. The lowest BCUT2D eigenvalue weighted by Crippen LogP contribution is -2.35. The Kier molecular flexibility index (Phi) is 5.20. The number of amides is 1. The van der Waals surface area contributed by atoms with Crippen molar-refractivity contribution < 1.29 is 27.4 Å². The van der Waals surface area contributed by atoms with E-state index in [0.717, 1.165) is 12.1 Å². The van der Waals surface area contributed by atoms with Crippen LogP contribution in [0.15, 0.2) is 18.2 Å². The summed E-state index contributed by atoms with van der Waals surface area (Å²) in [5.41, 5.74) is 5.30. The molecule has 3 N–H and O–H groups in total. The molecule has 0 radical (unpaired) electrons. The van der Waals surface area contributed by atoms with Crippen molar-refractivity contribution in [1.29, 1.82) is 0 Å². The quantitative estimate of drug-likeness (QED) is 0.813. The zero-order valence-electron chi connectivity index (χ0n) is 11.0. The lowest BCUT2D eigenvalue weighted by molar-refractivity contribution is -0.274. The van der Waals surface area contributed by atoms with Gasteiger partial charge in [0.1, 0.15) is 0 Å². The van der Waals surface area contributed by atoms with Gasteiger partial charge in [0.05, 0.1) is 12.3 Å². The van der Waals surface area contributed by atoms with Crippen molar-refractivity contribution in [1.82, 2.24) is 5.32 Å². The zero-order valence-corrected chi connectivity index (χ0v) is 11.0. The Morgan fingerprint density at radius 3 is 2.60 bits per heavy atom. The Bertz CT molecular complexity index is 478. The first-order valence-electron chi connectivity index (χ1n) is 5.68. The average Bonchev–Trinajstić information content (AvgIpc) is 2.30. The van der Waals surface area contributed by atoms with E-state index in [2.05, 4.69) is 10.1 Å². The number of carbonyl (C=O) groups excluding carboxylic acids is 1. The minimum atomic E-state index is -4.83. The van der Waals surface area contributed by atoms with Crippen molar-refractivity contribution in [2.24, 2.45) is 0 Å². The summed E-state index contributed by atoms with van der Waals surface area (Å²) in [6.07, 6.45) is -4.83. The van der Waals surface area contributed by atoms with Crippen molar-refractivity contribution in [2.45, 2.75) is 19.3 Å². The van der Waals surface area contributed by atoms with Crippen LogP contribution in [0.5, 0.6) is 5.75 Å². The lowest BCUT2D eigenvalue weighted by Gasteiger charge is -2.14. The number of nitrogen functional groups attached to an aromatic ring is 1. The van der Waals surface area contributed by atoms with E-state index in [-0.39, 0.29) is 17.3 Å². The van der Waals surface area contributed by atoms with E-state index in [1.54, 1.807) is 6.92 Å². The number of nitrogens with two attached hydrogens (primary N) is 1. The van der Waals surface area contributed by atoms with Gasteiger partial charge in [-0.05, 0) is 25.1 Å². The third-order valence-electron chi connectivity index (χ3n) is 2.29. The number of anilines is 1. The first kappa shape index (κ1) is 16.1. The number of carbonyl (C=O) groups is 1. The molecule has 1 aromatic carbocycles. The standard InChI is InChI=1S/C12H15F3N2O3/c1-7(6-19-2)17-11(18)8-3-4-10(9(16)5-8)20-12(13,14)15/h3-5,7H,6,16H2,1-2H3,(H,17,18). The number of hydrogen-bond donors (Lipinski definition) is 2. The van der Waals surface area contributed by atoms with Crippen LogP contribution in [0.25, 0.3) is 0 Å². The van der Waals surface area contributed by atoms with Crippen LogP contribution in [0.2, 0.25) is 0 Å². The van der Waals surface area contributed by atoms with E-state index < -0.39 is 18.0 Å². The second kappa shape index (κ2) is 6.47. The van der Waals surface area contributed by atoms with Crippen LogP contribution in [-0.4, -0.2) is 32.0 Å². The Morgan fingerprint density at radius 2 is 2.10 bits per heavy atom. The van der Waals surface area contributed by atoms with Crippen LogP contribution >= 0.6 is 0 Å². The molecule has 20 heavy (non-hydrogen) atoms. The van der Waals surface area contributed by atoms with Gasteiger partial charge in [0.15, 0.2) is 5.75 Å². The topological polar surface area (TPSA) is 73.6 Å². The molecule has 1 unspecified atom stereocenters. The van der Waals surface area contributed by atoms with Crippen LogP contribution in [0.3, 0.4) is 0 Å². The SMILES string of the molecule is COCC(C)NC(=O)c1ccc(OC(F)(F)F)c(N)c1. The average molecular weight is 292 g/mol. The molecule has 1 amide bonds. The van der Waals surface area contributed by atoms with Gasteiger partial charge >= 0.3 is 6.36 Å². The highest BCUT2D eigenvalue weighted by Gasteiger charge is 2.32. The van der Waals surface area contributed by atoms with Crippen molar-refractivity contribution in [3.8, 4) is 5.75 Å². The predicted molar refractivity (Wildman–Crippen MR) is 66.3 cm³/mol. The summed E-state index contributed by atoms with van der Waals surface area (Å²) in [5, 5.41) is 2.61. The molecule has 0 heterocycles. The molecule has 0 aliphatic rings. The summed E-state index contributed by atoms with van der Waals surface area (Å²) in [5.74, 6) is -1.00. The van der Waals surface area contributed by atoms with Gasteiger partial charge in [0, 0.05) is 18.7 Å². The number of methoxy groups -OCH3 is 1. The van der Waals surface area contributed by atoms with Crippen LogP contribution < -0.4 is 15.8 Å². The normalized spacial score (nSPS) is 12.8. The van der Waals surface area contributed by atoms with E-state index in [4.69, 9.17) is 10.5 Å². The number of rotatable bonds is 5. The van der Waals surface area contributed by atoms with E-state index in [9.17, 15) is 18.0 Å². The highest BCUT2D eigenvalue weighted by Crippen LogP contribution is 2.28. The predicted octanol–water partition coefficient (Wildman–Crippen LogP) is 1.93. The molecular formula is C12H15F3N2O3. The van der Waals surface area contributed by atoms with Crippen LogP contribution in [0.4, 0.5) is 18.9 Å². The highest BCUT2D eigenvalue weighted by molar-refractivity contribution is 5.95. The van der Waals surface area contributed by atoms with Gasteiger partial charge in [-0.3, -0.25) is 4.79 Å². The number of halogens is 3. The number of benzene rings is 1. The molecule has 0 saturated heterocycles. The molecule has 1 rings (SSSR count). The van der Waals surface area contributed by atoms with Crippen LogP contribution in [0.1, 0.15) is 17.3 Å². The van der Waals surface area contributed by atoms with E-state index in [1.165, 1.54) is 13.2 Å². The second-order valence-corrected chi connectivity index (χ2v) is 4.13. The lowest BCUT2D eigenvalue weighted by atomic mass is 10.1. The Labute approximate surface area is 113 Å². The van der Waals surface area contributed by atoms with Gasteiger partial charge in [0.2, 0.25) is 0 Å². The Morgan fingerprint density at radius 1 is 1.45 bits per heavy atom. The maximum atomic E-state index is 12.1. The number of ether oxygens (including phenoxy) is 2. The number of nitrogens with one attached hydrogen (secondary N) is 1. The van der Waals surface area contributed by atoms with Gasteiger partial charge in [-0.2, -0.15) is 0 Å². The molecule has 0 aromatic heterocycles. The zero-order chi connectivity index (χ0) is 15.3. The fourth-order valence-corrected chi connectivity index (χ4v) is 1.51. The molecule has 5 nitrogen and oxygen atoms in total. The monoisotopic (exact) mass is 292 g/mol. The number of alkyl halides is 3. The summed E-state index contributed by atoms with van der Waals surface area (Å²) in [4.78, 5) is 11.8. The molecular weight excluding hydrogens is 277 g/mol. The summed E-state index contributed by atoms with van der Waals surface area (Å²) >= 11 is 0. The first-order chi connectivity index (χ1) is 9.23. The van der Waals surface area contributed by atoms with Gasteiger partial charge in [-0.1, -0.05) is 0 Å². The second-order valence-electron chi connectivity index (χ2n) is 4.13. The largest absolute Gasteiger partial charge is 0.573 e. The molecule has 8 heteroatoms. The minimum absolute atomic E-state index is 0.139. The Hall–Kier alpha value is -1.96. The summed E-state index contributed by atoms with van der Waals surface area (Å²) in [6, 6.07) is 3.08. The van der Waals surface area contributed by atoms with Gasteiger partial charge in [0.25, 0.3) is 5.91 Å². The van der Waals surface area contributed by atoms with Crippen molar-refractivity contribution in [2.75, 3.05) is 19.5 Å². The van der Waals surface area contributed by atoms with Crippen LogP contribution in [-0.2, 0) is 4.74 Å². The summed E-state index contributed by atoms with van der Waals surface area (Å²) in [6.45, 7) is 2.04. The number of hydrogen-bond acceptors (Lipinski definition) is 4. The third-order valence-corrected chi connectivity index (χ3v) is 2.29. The first-order valence-corrected chi connectivity index (χ1v) is 5.68. The fourth-order valence-electron chi connectivity index (χ4n) is 1.51. The molecule has 1 aromatic rings. The van der Waals surface area contributed by atoms with Gasteiger partial charge in [-0.25, -0.2) is 0 Å². The highest BCUT2D eigenvalue weighted by atomic mass is 19.4. The van der Waals surface area contributed by atoms with Gasteiger partial charge in [-0.15, -0.1) is 13.2 Å². The molecule has 112 valence electrons. The summed E-state index contributed by atoms with van der Waals surface area (Å²) in [7, 11) is 1.49. The minimum Gasteiger partial charge on any atom is -0.404 e. The molecule has 0 saturated carbocycles. The fraction of sp³-hybridized carbons (Fsp3) is 0.417. The maximum Gasteiger partial charge on any atom is 0.573 e. The maximum absolute atomic E-state index is 12.1. The van der Waals surface area contributed by atoms with Gasteiger partial charge < -0.3 is 20.5 Å². The van der Waals surface area contributed by atoms with E-state index in [1.807, 2.05) is 0 Å². The van der Waals surface area contributed by atoms with Crippen LogP contribution in [0, 0.1) is 0 Å². The van der Waals surface area contributed by atoms with Crippen molar-refractivity contribution in [3.05, 3.63) is 23.8 Å². The molecule has 0 bridgehead atoms. The van der Waals surface area contributed by atoms with E-state index >= 15 is 0 Å². The molecule has 1 atom stereocenters. The van der Waals surface area contributed by atoms with E-state index in [0.29, 0.717) is 6.61 Å². The smallest absolute Gasteiger partial charge is 0.404 e. The van der Waals surface area contributed by atoms with Crippen molar-refractivity contribution in [3.63, 3.8) is 0 Å². The molecule has 0 aliphatic carbocycles.